The summed E-state index contributed by atoms with van der Waals surface area (Å²) in [5, 5.41) is 13.6. The van der Waals surface area contributed by atoms with Crippen LogP contribution >= 0.6 is 0 Å². The maximum Gasteiger partial charge on any atom is 0.121 e. The van der Waals surface area contributed by atoms with Gasteiger partial charge in [0.2, 0.25) is 0 Å². The quantitative estimate of drug-likeness (QED) is 0.769. The number of rotatable bonds is 8. The minimum atomic E-state index is -0.255. The number of benzene rings is 1. The van der Waals surface area contributed by atoms with Crippen LogP contribution in [0.2, 0.25) is 0 Å². The number of nitrogens with zero attached hydrogens (tertiary/aromatic N) is 1. The van der Waals surface area contributed by atoms with Crippen LogP contribution in [0.5, 0.6) is 5.75 Å². The van der Waals surface area contributed by atoms with Gasteiger partial charge in [0.05, 0.1) is 12.1 Å². The molecule has 1 atom stereocenters. The van der Waals surface area contributed by atoms with Crippen molar-refractivity contribution in [3.05, 3.63) is 24.3 Å². The van der Waals surface area contributed by atoms with Gasteiger partial charge in [-0.25, -0.2) is 0 Å². The third-order valence-corrected chi connectivity index (χ3v) is 4.54. The van der Waals surface area contributed by atoms with E-state index in [9.17, 15) is 5.11 Å². The summed E-state index contributed by atoms with van der Waals surface area (Å²) in [6.07, 6.45) is 4.85. The van der Waals surface area contributed by atoms with E-state index in [1.807, 2.05) is 32.3 Å². The van der Waals surface area contributed by atoms with Crippen LogP contribution < -0.4 is 15.0 Å². The second-order valence-electron chi connectivity index (χ2n) is 6.69. The Hall–Kier alpha value is -1.26. The second-order valence-corrected chi connectivity index (χ2v) is 6.69. The Bertz CT molecular complexity index is 483. The Morgan fingerprint density at radius 2 is 2.05 bits per heavy atom. The van der Waals surface area contributed by atoms with E-state index < -0.39 is 0 Å². The summed E-state index contributed by atoms with van der Waals surface area (Å²) >= 11 is 0. The number of aliphatic hydroxyl groups is 1. The van der Waals surface area contributed by atoms with E-state index in [1.54, 1.807) is 0 Å². The van der Waals surface area contributed by atoms with Gasteiger partial charge in [-0.3, -0.25) is 0 Å². The van der Waals surface area contributed by atoms with Gasteiger partial charge in [0.15, 0.2) is 0 Å². The molecule has 0 bridgehead atoms. The lowest BCUT2D eigenvalue weighted by molar-refractivity contribution is 0.0832. The van der Waals surface area contributed by atoms with Crippen molar-refractivity contribution in [3.8, 4) is 5.75 Å². The molecule has 0 radical (unpaired) electrons. The largest absolute Gasteiger partial charge is 0.491 e. The van der Waals surface area contributed by atoms with Crippen molar-refractivity contribution in [2.24, 2.45) is 5.92 Å². The van der Waals surface area contributed by atoms with Crippen molar-refractivity contribution in [2.45, 2.75) is 37.3 Å². The Morgan fingerprint density at radius 3 is 2.62 bits per heavy atom. The van der Waals surface area contributed by atoms with Crippen LogP contribution in [0.15, 0.2) is 24.3 Å². The van der Waals surface area contributed by atoms with Gasteiger partial charge in [-0.15, -0.1) is 0 Å². The summed E-state index contributed by atoms with van der Waals surface area (Å²) in [4.78, 5) is 2.06. The highest BCUT2D eigenvalue weighted by atomic mass is 16.5. The SMILES string of the molecule is CN(C)c1cccc(OCC(CO)(NC2CC2)C2CC2)c1. The van der Waals surface area contributed by atoms with Crippen LogP contribution in [0.4, 0.5) is 5.69 Å². The van der Waals surface area contributed by atoms with E-state index in [1.165, 1.54) is 25.7 Å². The van der Waals surface area contributed by atoms with Crippen molar-refractivity contribution in [2.75, 3.05) is 32.2 Å². The molecule has 0 saturated heterocycles. The van der Waals surface area contributed by atoms with Crippen molar-refractivity contribution in [1.82, 2.24) is 5.32 Å². The molecule has 1 aromatic rings. The maximum atomic E-state index is 9.93. The average Bonchev–Trinajstić information content (AvgIpc) is 3.37. The van der Waals surface area contributed by atoms with Gasteiger partial charge in [0.25, 0.3) is 0 Å². The molecule has 0 aliphatic heterocycles. The van der Waals surface area contributed by atoms with E-state index in [2.05, 4.69) is 16.3 Å². The first-order valence-corrected chi connectivity index (χ1v) is 7.92. The van der Waals surface area contributed by atoms with E-state index in [-0.39, 0.29) is 12.1 Å². The number of hydrogen-bond donors (Lipinski definition) is 2. The predicted molar refractivity (Wildman–Crippen MR) is 85.0 cm³/mol. The summed E-state index contributed by atoms with van der Waals surface area (Å²) in [5.41, 5.74) is 0.874. The monoisotopic (exact) mass is 290 g/mol. The minimum absolute atomic E-state index is 0.154. The zero-order valence-corrected chi connectivity index (χ0v) is 13.0. The molecular formula is C17H26N2O2. The first-order valence-electron chi connectivity index (χ1n) is 7.92. The molecule has 2 aliphatic carbocycles. The standard InChI is InChI=1S/C17H26N2O2/c1-19(2)15-4-3-5-16(10-15)21-12-17(11-20,13-6-7-13)18-14-8-9-14/h3-5,10,13-14,18,20H,6-9,11-12H2,1-2H3. The Morgan fingerprint density at radius 1 is 1.29 bits per heavy atom. The summed E-state index contributed by atoms with van der Waals surface area (Å²) in [6, 6.07) is 8.69. The first-order chi connectivity index (χ1) is 10.1. The lowest BCUT2D eigenvalue weighted by atomic mass is 9.95. The fraction of sp³-hybridized carbons (Fsp3) is 0.647. The minimum Gasteiger partial charge on any atom is -0.491 e. The molecule has 2 fully saturated rings. The molecule has 3 rings (SSSR count). The molecule has 4 heteroatoms. The van der Waals surface area contributed by atoms with Crippen LogP contribution in [-0.4, -0.2) is 44.0 Å². The molecule has 2 saturated carbocycles. The molecule has 2 N–H and O–H groups in total. The van der Waals surface area contributed by atoms with Gasteiger partial charge in [-0.1, -0.05) is 6.07 Å². The molecule has 4 nitrogen and oxygen atoms in total. The molecule has 21 heavy (non-hydrogen) atoms. The third kappa shape index (κ3) is 3.50. The van der Waals surface area contributed by atoms with E-state index >= 15 is 0 Å². The molecular weight excluding hydrogens is 264 g/mol. The highest BCUT2D eigenvalue weighted by molar-refractivity contribution is 5.49. The van der Waals surface area contributed by atoms with Gasteiger partial charge >= 0.3 is 0 Å². The number of nitrogens with one attached hydrogen (secondary N) is 1. The van der Waals surface area contributed by atoms with Crippen molar-refractivity contribution >= 4 is 5.69 Å². The third-order valence-electron chi connectivity index (χ3n) is 4.54. The van der Waals surface area contributed by atoms with Crippen LogP contribution in [0.1, 0.15) is 25.7 Å². The summed E-state index contributed by atoms with van der Waals surface area (Å²) < 4.78 is 6.03. The van der Waals surface area contributed by atoms with Crippen LogP contribution in [0.25, 0.3) is 0 Å². The molecule has 0 amide bonds. The van der Waals surface area contributed by atoms with E-state index in [4.69, 9.17) is 4.74 Å². The van der Waals surface area contributed by atoms with Gasteiger partial charge in [-0.2, -0.15) is 0 Å². The Kier molecular flexibility index (Phi) is 4.09. The van der Waals surface area contributed by atoms with Crippen LogP contribution in [0.3, 0.4) is 0 Å². The zero-order chi connectivity index (χ0) is 14.9. The highest BCUT2D eigenvalue weighted by Crippen LogP contribution is 2.41. The zero-order valence-electron chi connectivity index (χ0n) is 13.0. The summed E-state index contributed by atoms with van der Waals surface area (Å²) in [6.45, 7) is 0.698. The molecule has 1 aromatic carbocycles. The molecule has 116 valence electrons. The molecule has 0 spiro atoms. The van der Waals surface area contributed by atoms with Crippen molar-refractivity contribution in [1.29, 1.82) is 0 Å². The Balaban J connectivity index is 1.67. The van der Waals surface area contributed by atoms with Gasteiger partial charge in [0.1, 0.15) is 12.4 Å². The van der Waals surface area contributed by atoms with Crippen LogP contribution in [0, 0.1) is 5.92 Å². The van der Waals surface area contributed by atoms with Gasteiger partial charge in [-0.05, 0) is 43.7 Å². The lowest BCUT2D eigenvalue weighted by Crippen LogP contribution is -2.56. The average molecular weight is 290 g/mol. The van der Waals surface area contributed by atoms with Crippen molar-refractivity contribution < 1.29 is 9.84 Å². The van der Waals surface area contributed by atoms with Crippen LogP contribution in [-0.2, 0) is 0 Å². The second kappa shape index (κ2) is 5.85. The molecule has 0 aromatic heterocycles. The van der Waals surface area contributed by atoms with Crippen molar-refractivity contribution in [3.63, 3.8) is 0 Å². The van der Waals surface area contributed by atoms with Gasteiger partial charge in [0, 0.05) is 31.9 Å². The fourth-order valence-corrected chi connectivity index (χ4v) is 2.83. The number of ether oxygens (including phenoxy) is 1. The highest BCUT2D eigenvalue weighted by Gasteiger charge is 2.48. The fourth-order valence-electron chi connectivity index (χ4n) is 2.83. The number of hydrogen-bond acceptors (Lipinski definition) is 4. The van der Waals surface area contributed by atoms with E-state index in [0.717, 1.165) is 11.4 Å². The normalized spacial score (nSPS) is 20.9. The van der Waals surface area contributed by atoms with E-state index in [0.29, 0.717) is 18.6 Å². The summed E-state index contributed by atoms with van der Waals surface area (Å²) in [5.74, 6) is 1.43. The molecule has 0 heterocycles. The van der Waals surface area contributed by atoms with Gasteiger partial charge < -0.3 is 20.1 Å². The smallest absolute Gasteiger partial charge is 0.121 e. The predicted octanol–water partition coefficient (Wildman–Crippen LogP) is 2.02. The number of anilines is 1. The topological polar surface area (TPSA) is 44.7 Å². The molecule has 2 aliphatic rings. The Labute approximate surface area is 127 Å². The lowest BCUT2D eigenvalue weighted by Gasteiger charge is -2.33. The maximum absolute atomic E-state index is 9.93. The number of aliphatic hydroxyl groups excluding tert-OH is 1. The molecule has 1 unspecified atom stereocenters. The summed E-state index contributed by atoms with van der Waals surface area (Å²) in [7, 11) is 4.05. The first kappa shape index (κ1) is 14.7.